The number of nitrogens with zero attached hydrogens (tertiary/aromatic N) is 8. The number of piperazine rings is 1. The number of pyridine rings is 2. The Morgan fingerprint density at radius 2 is 1.77 bits per heavy atom. The van der Waals surface area contributed by atoms with Gasteiger partial charge in [0.25, 0.3) is 5.91 Å². The predicted molar refractivity (Wildman–Crippen MR) is 197 cm³/mol. The van der Waals surface area contributed by atoms with E-state index in [4.69, 9.17) is 14.5 Å². The fourth-order valence-corrected chi connectivity index (χ4v) is 6.91. The maximum atomic E-state index is 16.7. The van der Waals surface area contributed by atoms with Crippen LogP contribution < -0.4 is 14.4 Å². The van der Waals surface area contributed by atoms with Gasteiger partial charge < -0.3 is 29.2 Å². The molecule has 0 aliphatic carbocycles. The molecule has 0 saturated carbocycles. The van der Waals surface area contributed by atoms with E-state index in [9.17, 15) is 9.59 Å². The summed E-state index contributed by atoms with van der Waals surface area (Å²) in [7, 11) is 3.21. The van der Waals surface area contributed by atoms with Gasteiger partial charge >= 0.3 is 0 Å². The number of aromatic nitrogens is 6. The number of fused-ring (bicyclic) bond motifs is 1. The third kappa shape index (κ3) is 6.80. The van der Waals surface area contributed by atoms with Crippen LogP contribution in [0.4, 0.5) is 10.2 Å². The van der Waals surface area contributed by atoms with Crippen molar-refractivity contribution in [3.05, 3.63) is 84.0 Å². The molecule has 52 heavy (non-hydrogen) atoms. The first-order valence-electron chi connectivity index (χ1n) is 17.5. The summed E-state index contributed by atoms with van der Waals surface area (Å²) in [6.45, 7) is 7.45. The van der Waals surface area contributed by atoms with E-state index in [0.29, 0.717) is 90.8 Å². The third-order valence-corrected chi connectivity index (χ3v) is 9.86. The number of hydrogen-bond acceptors (Lipinski definition) is 9. The SMILES string of the molecule is COc1ccncc1-c1cc(C2=CCCN(C(=O)CCn3ccnn3)C2)c(F)c2[nH]c(C(=O)N3CCN(c4ncc(C(C)C)cc4OC)CC3)cc12.[HH]. The Morgan fingerprint density at radius 1 is 0.962 bits per heavy atom. The molecule has 0 unspecified atom stereocenters. The van der Waals surface area contributed by atoms with Crippen LogP contribution in [-0.2, 0) is 11.3 Å². The van der Waals surface area contributed by atoms with Gasteiger partial charge in [-0.15, -0.1) is 5.10 Å². The summed E-state index contributed by atoms with van der Waals surface area (Å²) in [5.74, 6) is 1.58. The quantitative estimate of drug-likeness (QED) is 0.202. The molecule has 1 N–H and O–H groups in total. The number of anilines is 1. The molecule has 0 radical (unpaired) electrons. The smallest absolute Gasteiger partial charge is 0.270 e. The van der Waals surface area contributed by atoms with Crippen LogP contribution >= 0.6 is 0 Å². The summed E-state index contributed by atoms with van der Waals surface area (Å²) in [5.41, 5.74) is 3.93. The average molecular weight is 710 g/mol. The van der Waals surface area contributed by atoms with Crippen molar-refractivity contribution in [2.75, 3.05) is 58.4 Å². The highest BCUT2D eigenvalue weighted by molar-refractivity contribution is 6.05. The molecule has 2 aliphatic rings. The molecule has 0 bridgehead atoms. The maximum Gasteiger partial charge on any atom is 0.270 e. The normalized spacial score (nSPS) is 15.0. The van der Waals surface area contributed by atoms with Crippen LogP contribution in [0.5, 0.6) is 11.5 Å². The largest absolute Gasteiger partial charge is 0.496 e. The molecule has 7 rings (SSSR count). The molecule has 1 fully saturated rings. The van der Waals surface area contributed by atoms with Crippen LogP contribution in [-0.4, -0.2) is 105 Å². The summed E-state index contributed by atoms with van der Waals surface area (Å²) >= 11 is 0. The van der Waals surface area contributed by atoms with Crippen LogP contribution in [0.1, 0.15) is 55.6 Å². The van der Waals surface area contributed by atoms with Crippen molar-refractivity contribution in [2.45, 2.75) is 39.2 Å². The van der Waals surface area contributed by atoms with Crippen molar-refractivity contribution >= 4 is 34.1 Å². The minimum absolute atomic E-state index is 0. The highest BCUT2D eigenvalue weighted by atomic mass is 19.1. The highest BCUT2D eigenvalue weighted by Gasteiger charge is 2.29. The number of nitrogens with one attached hydrogen (secondary N) is 1. The molecular formula is C38H44FN9O4. The number of H-pyrrole nitrogens is 1. The molecule has 6 heterocycles. The van der Waals surface area contributed by atoms with Gasteiger partial charge in [0.05, 0.1) is 32.5 Å². The molecule has 0 atom stereocenters. The first kappa shape index (κ1) is 34.6. The Balaban J connectivity index is 0.00000481. The Bertz CT molecular complexity index is 2130. The van der Waals surface area contributed by atoms with Gasteiger partial charge in [0.15, 0.2) is 17.4 Å². The number of hydrogen-bond donors (Lipinski definition) is 1. The Kier molecular flexibility index (Phi) is 9.88. The Hall–Kier alpha value is -5.79. The van der Waals surface area contributed by atoms with Gasteiger partial charge in [0.1, 0.15) is 11.4 Å². The van der Waals surface area contributed by atoms with Crippen molar-refractivity contribution < 1.29 is 24.9 Å². The number of carbonyl (C=O) groups excluding carboxylic acids is 2. The first-order valence-corrected chi connectivity index (χ1v) is 17.5. The number of amides is 2. The van der Waals surface area contributed by atoms with Gasteiger partial charge in [0.2, 0.25) is 5.91 Å². The fourth-order valence-electron chi connectivity index (χ4n) is 6.91. The fraction of sp³-hybridized carbons (Fsp3) is 0.368. The second-order valence-electron chi connectivity index (χ2n) is 13.3. The van der Waals surface area contributed by atoms with Gasteiger partial charge in [-0.1, -0.05) is 25.1 Å². The van der Waals surface area contributed by atoms with Gasteiger partial charge in [-0.25, -0.2) is 9.37 Å². The Labute approximate surface area is 302 Å². The lowest BCUT2D eigenvalue weighted by molar-refractivity contribution is -0.131. The van der Waals surface area contributed by atoms with Crippen LogP contribution in [0.25, 0.3) is 27.6 Å². The summed E-state index contributed by atoms with van der Waals surface area (Å²) in [5, 5.41) is 8.28. The summed E-state index contributed by atoms with van der Waals surface area (Å²) in [6.07, 6.45) is 11.3. The van der Waals surface area contributed by atoms with Crippen molar-refractivity contribution in [3.8, 4) is 22.6 Å². The highest BCUT2D eigenvalue weighted by Crippen LogP contribution is 2.40. The lowest BCUT2D eigenvalue weighted by Gasteiger charge is -2.35. The number of aromatic amines is 1. The van der Waals surface area contributed by atoms with Gasteiger partial charge in [-0.3, -0.25) is 19.3 Å². The molecular weight excluding hydrogens is 665 g/mol. The minimum Gasteiger partial charge on any atom is -0.496 e. The lowest BCUT2D eigenvalue weighted by atomic mass is 9.93. The monoisotopic (exact) mass is 709 g/mol. The maximum absolute atomic E-state index is 16.7. The predicted octanol–water partition coefficient (Wildman–Crippen LogP) is 5.41. The number of carbonyl (C=O) groups is 2. The molecule has 272 valence electrons. The summed E-state index contributed by atoms with van der Waals surface area (Å²) < 4.78 is 29.7. The van der Waals surface area contributed by atoms with E-state index in [2.05, 4.69) is 39.0 Å². The molecule has 13 nitrogen and oxygen atoms in total. The zero-order chi connectivity index (χ0) is 36.4. The van der Waals surface area contributed by atoms with Crippen molar-refractivity contribution in [3.63, 3.8) is 0 Å². The molecule has 0 spiro atoms. The standard InChI is InChI=1S/C38H42FN9O4.H2/c1-24(2)26-18-33(52-4)37(41-21-26)45-14-16-46(17-15-45)38(50)31-20-29-28(30-22-40-9-7-32(30)51-3)19-27(35(39)36(29)43-31)25-6-5-11-47(23-25)34(49)8-12-48-13-10-42-44-48;/h6-7,9-10,13,18-22,24,43H,5,8,11-12,14-17,23H2,1-4H3;1H. The van der Waals surface area contributed by atoms with Gasteiger partial charge in [-0.05, 0) is 53.3 Å². The zero-order valence-corrected chi connectivity index (χ0v) is 29.8. The summed E-state index contributed by atoms with van der Waals surface area (Å²) in [6, 6.07) is 7.26. The van der Waals surface area contributed by atoms with E-state index in [1.807, 2.05) is 18.3 Å². The lowest BCUT2D eigenvalue weighted by Crippen LogP contribution is -2.49. The second-order valence-corrected chi connectivity index (χ2v) is 13.3. The second kappa shape index (κ2) is 14.8. The third-order valence-electron chi connectivity index (χ3n) is 9.86. The number of rotatable bonds is 10. The molecule has 5 aromatic rings. The van der Waals surface area contributed by atoms with Gasteiger partial charge in [-0.2, -0.15) is 0 Å². The molecule has 2 aliphatic heterocycles. The number of halogens is 1. The number of benzene rings is 1. The zero-order valence-electron chi connectivity index (χ0n) is 29.8. The number of ether oxygens (including phenoxy) is 2. The van der Waals surface area contributed by atoms with Crippen LogP contribution in [0, 0.1) is 5.82 Å². The molecule has 4 aromatic heterocycles. The number of methoxy groups -OCH3 is 2. The van der Waals surface area contributed by atoms with E-state index in [0.717, 1.165) is 11.4 Å². The molecule has 1 saturated heterocycles. The van der Waals surface area contributed by atoms with E-state index in [1.165, 1.54) is 0 Å². The summed E-state index contributed by atoms with van der Waals surface area (Å²) in [4.78, 5) is 45.0. The Morgan fingerprint density at radius 3 is 2.50 bits per heavy atom. The average Bonchev–Trinajstić information content (AvgIpc) is 3.88. The van der Waals surface area contributed by atoms with Crippen LogP contribution in [0.15, 0.2) is 61.3 Å². The number of aryl methyl sites for hydroxylation is 1. The van der Waals surface area contributed by atoms with Crippen LogP contribution in [0.2, 0.25) is 0 Å². The minimum atomic E-state index is -0.489. The van der Waals surface area contributed by atoms with E-state index < -0.39 is 5.82 Å². The van der Waals surface area contributed by atoms with Crippen molar-refractivity contribution in [1.29, 1.82) is 0 Å². The first-order chi connectivity index (χ1) is 25.2. The molecule has 2 amide bonds. The van der Waals surface area contributed by atoms with Crippen molar-refractivity contribution in [1.82, 2.24) is 39.7 Å². The van der Waals surface area contributed by atoms with Gasteiger partial charge in [0, 0.05) is 88.4 Å². The topological polar surface area (TPSA) is 135 Å². The van der Waals surface area contributed by atoms with E-state index >= 15 is 4.39 Å². The van der Waals surface area contributed by atoms with Crippen molar-refractivity contribution in [2.24, 2.45) is 0 Å². The van der Waals surface area contributed by atoms with Crippen LogP contribution in [0.3, 0.4) is 0 Å². The molecule has 14 heteroatoms. The van der Waals surface area contributed by atoms with E-state index in [-0.39, 0.29) is 37.4 Å². The van der Waals surface area contributed by atoms with E-state index in [1.54, 1.807) is 71.7 Å². The molecule has 1 aromatic carbocycles.